The van der Waals surface area contributed by atoms with Crippen LogP contribution in [0.15, 0.2) is 28.9 Å². The van der Waals surface area contributed by atoms with Gasteiger partial charge in [0.25, 0.3) is 0 Å². The van der Waals surface area contributed by atoms with Crippen LogP contribution < -0.4 is 4.74 Å². The second-order valence-corrected chi connectivity index (χ2v) is 5.86. The first kappa shape index (κ1) is 14.8. The highest BCUT2D eigenvalue weighted by atomic mass is 79.9. The van der Waals surface area contributed by atoms with Crippen LogP contribution in [0.5, 0.6) is 5.75 Å². The maximum Gasteiger partial charge on any atom is 0.214 e. The smallest absolute Gasteiger partial charge is 0.214 e. The van der Waals surface area contributed by atoms with E-state index in [1.165, 1.54) is 0 Å². The van der Waals surface area contributed by atoms with Crippen LogP contribution in [0.25, 0.3) is 0 Å². The van der Waals surface area contributed by atoms with E-state index in [0.717, 1.165) is 10.0 Å². The fourth-order valence-electron chi connectivity index (χ4n) is 2.11. The Bertz CT molecular complexity index is 627. The molecule has 0 aliphatic carbocycles. The molecular weight excluding hydrogens is 320 g/mol. The van der Waals surface area contributed by atoms with Crippen LogP contribution in [-0.4, -0.2) is 22.7 Å². The van der Waals surface area contributed by atoms with Gasteiger partial charge in [-0.25, -0.2) is 0 Å². The molecule has 0 bridgehead atoms. The maximum atomic E-state index is 12.8. The molecule has 0 saturated heterocycles. The molecule has 0 aliphatic rings. The minimum absolute atomic E-state index is 0.0857. The Hall–Kier alpha value is -1.62. The molecule has 1 aromatic heterocycles. The highest BCUT2D eigenvalue weighted by molar-refractivity contribution is 9.10. The lowest BCUT2D eigenvalue weighted by Crippen LogP contribution is -2.14. The van der Waals surface area contributed by atoms with E-state index < -0.39 is 0 Å². The Balaban J connectivity index is 2.55. The number of aromatic nitrogens is 2. The molecule has 1 heterocycles. The Morgan fingerprint density at radius 3 is 2.60 bits per heavy atom. The van der Waals surface area contributed by atoms with Crippen molar-refractivity contribution in [1.82, 2.24) is 9.78 Å². The molecule has 2 rings (SSSR count). The van der Waals surface area contributed by atoms with Gasteiger partial charge >= 0.3 is 0 Å². The number of benzene rings is 1. The summed E-state index contributed by atoms with van der Waals surface area (Å²) < 4.78 is 7.84. The minimum Gasteiger partial charge on any atom is -0.493 e. The highest BCUT2D eigenvalue weighted by Gasteiger charge is 2.22. The number of hydrogen-bond donors (Lipinski definition) is 0. The van der Waals surface area contributed by atoms with Crippen molar-refractivity contribution >= 4 is 21.7 Å². The van der Waals surface area contributed by atoms with Gasteiger partial charge in [0.15, 0.2) is 11.4 Å². The van der Waals surface area contributed by atoms with Crippen LogP contribution in [0.3, 0.4) is 0 Å². The van der Waals surface area contributed by atoms with Crippen molar-refractivity contribution in [2.45, 2.75) is 26.8 Å². The number of halogens is 1. The second-order valence-electron chi connectivity index (χ2n) is 4.95. The lowest BCUT2D eigenvalue weighted by molar-refractivity contribution is 0.102. The lowest BCUT2D eigenvalue weighted by atomic mass is 10.1. The van der Waals surface area contributed by atoms with Crippen LogP contribution in [0, 0.1) is 6.92 Å². The summed E-state index contributed by atoms with van der Waals surface area (Å²) in [7, 11) is 1.55. The fraction of sp³-hybridized carbons (Fsp3) is 0.333. The van der Waals surface area contributed by atoms with Crippen molar-refractivity contribution in [2.75, 3.05) is 7.11 Å². The Morgan fingerprint density at radius 2 is 2.05 bits per heavy atom. The molecule has 0 atom stereocenters. The van der Waals surface area contributed by atoms with Gasteiger partial charge in [-0.05, 0) is 44.5 Å². The number of hydrogen-bond acceptors (Lipinski definition) is 3. The number of ketones is 1. The summed E-state index contributed by atoms with van der Waals surface area (Å²) in [6.45, 7) is 5.92. The van der Waals surface area contributed by atoms with Gasteiger partial charge in [-0.15, -0.1) is 0 Å². The van der Waals surface area contributed by atoms with Crippen LogP contribution in [-0.2, 0) is 0 Å². The molecule has 0 aliphatic heterocycles. The van der Waals surface area contributed by atoms with E-state index in [1.807, 2.05) is 39.0 Å². The molecule has 0 spiro atoms. The fourth-order valence-corrected chi connectivity index (χ4v) is 2.72. The van der Waals surface area contributed by atoms with Gasteiger partial charge in [-0.2, -0.15) is 5.10 Å². The van der Waals surface area contributed by atoms with Gasteiger partial charge in [-0.3, -0.25) is 9.48 Å². The number of carbonyl (C=O) groups is 1. The van der Waals surface area contributed by atoms with E-state index >= 15 is 0 Å². The van der Waals surface area contributed by atoms with Crippen LogP contribution in [0.4, 0.5) is 0 Å². The molecule has 0 amide bonds. The summed E-state index contributed by atoms with van der Waals surface area (Å²) in [6, 6.07) is 5.73. The van der Waals surface area contributed by atoms with Crippen molar-refractivity contribution < 1.29 is 9.53 Å². The molecule has 0 radical (unpaired) electrons. The quantitative estimate of drug-likeness (QED) is 0.798. The first-order valence-corrected chi connectivity index (χ1v) is 7.16. The molecule has 0 unspecified atom stereocenters. The molecule has 20 heavy (non-hydrogen) atoms. The number of rotatable bonds is 4. The molecule has 5 heteroatoms. The zero-order valence-corrected chi connectivity index (χ0v) is 13.6. The predicted octanol–water partition coefficient (Wildman–Crippen LogP) is 3.77. The number of ether oxygens (including phenoxy) is 1. The summed E-state index contributed by atoms with van der Waals surface area (Å²) in [4.78, 5) is 12.8. The van der Waals surface area contributed by atoms with Gasteiger partial charge in [0.1, 0.15) is 0 Å². The van der Waals surface area contributed by atoms with Crippen molar-refractivity contribution in [2.24, 2.45) is 0 Å². The third-order valence-electron chi connectivity index (χ3n) is 2.99. The first-order valence-electron chi connectivity index (χ1n) is 6.37. The molecule has 0 saturated carbocycles. The van der Waals surface area contributed by atoms with E-state index in [1.54, 1.807) is 18.0 Å². The molecule has 106 valence electrons. The van der Waals surface area contributed by atoms with Gasteiger partial charge in [-0.1, -0.05) is 15.9 Å². The van der Waals surface area contributed by atoms with Gasteiger partial charge < -0.3 is 4.74 Å². The topological polar surface area (TPSA) is 44.1 Å². The minimum atomic E-state index is -0.0857. The van der Waals surface area contributed by atoms with Crippen molar-refractivity contribution in [3.05, 3.63) is 45.7 Å². The zero-order valence-electron chi connectivity index (χ0n) is 12.0. The summed E-state index contributed by atoms with van der Waals surface area (Å²) in [5, 5.41) is 4.24. The zero-order chi connectivity index (χ0) is 14.9. The molecule has 4 nitrogen and oxygen atoms in total. The predicted molar refractivity (Wildman–Crippen MR) is 81.5 cm³/mol. The monoisotopic (exact) mass is 336 g/mol. The Morgan fingerprint density at radius 1 is 1.35 bits per heavy atom. The second kappa shape index (κ2) is 5.79. The average Bonchev–Trinajstić information content (AvgIpc) is 2.80. The highest BCUT2D eigenvalue weighted by Crippen LogP contribution is 2.25. The summed E-state index contributed by atoms with van der Waals surface area (Å²) >= 11 is 3.42. The van der Waals surface area contributed by atoms with Gasteiger partial charge in [0.2, 0.25) is 5.78 Å². The van der Waals surface area contributed by atoms with Gasteiger partial charge in [0, 0.05) is 16.1 Å². The van der Waals surface area contributed by atoms with Crippen molar-refractivity contribution in [1.29, 1.82) is 0 Å². The summed E-state index contributed by atoms with van der Waals surface area (Å²) in [5.41, 5.74) is 2.13. The largest absolute Gasteiger partial charge is 0.493 e. The number of aryl methyl sites for hydroxylation is 1. The third-order valence-corrected chi connectivity index (χ3v) is 3.45. The number of methoxy groups -OCH3 is 1. The lowest BCUT2D eigenvalue weighted by Gasteiger charge is -2.12. The first-order chi connectivity index (χ1) is 9.43. The number of carbonyl (C=O) groups excluding carboxylic acids is 1. The third kappa shape index (κ3) is 2.77. The SMILES string of the molecule is COc1cnn(C(C)C)c1C(=O)c1cc(C)cc(Br)c1. The average molecular weight is 337 g/mol. The molecule has 2 aromatic rings. The molecule has 1 aromatic carbocycles. The van der Waals surface area contributed by atoms with E-state index in [-0.39, 0.29) is 11.8 Å². The molecular formula is C15H17BrN2O2. The Kier molecular flexibility index (Phi) is 4.28. The summed E-state index contributed by atoms with van der Waals surface area (Å²) in [6.07, 6.45) is 1.58. The number of nitrogens with zero attached hydrogens (tertiary/aromatic N) is 2. The molecule has 0 fully saturated rings. The van der Waals surface area contributed by atoms with Gasteiger partial charge in [0.05, 0.1) is 13.3 Å². The van der Waals surface area contributed by atoms with E-state index in [9.17, 15) is 4.79 Å². The van der Waals surface area contributed by atoms with Crippen LogP contribution in [0.1, 0.15) is 41.5 Å². The molecule has 0 N–H and O–H groups in total. The maximum absolute atomic E-state index is 12.8. The van der Waals surface area contributed by atoms with Crippen LogP contribution in [0.2, 0.25) is 0 Å². The van der Waals surface area contributed by atoms with E-state index in [4.69, 9.17) is 4.74 Å². The Labute approximate surface area is 126 Å². The van der Waals surface area contributed by atoms with E-state index in [0.29, 0.717) is 17.0 Å². The normalized spacial score (nSPS) is 10.9. The van der Waals surface area contributed by atoms with Crippen molar-refractivity contribution in [3.63, 3.8) is 0 Å². The van der Waals surface area contributed by atoms with E-state index in [2.05, 4.69) is 21.0 Å². The van der Waals surface area contributed by atoms with Crippen molar-refractivity contribution in [3.8, 4) is 5.75 Å². The summed E-state index contributed by atoms with van der Waals surface area (Å²) in [5.74, 6) is 0.416. The standard InChI is InChI=1S/C15H17BrN2O2/c1-9(2)18-14(13(20-4)8-17-18)15(19)11-5-10(3)6-12(16)7-11/h5-9H,1-4H3. The van der Waals surface area contributed by atoms with Crippen LogP contribution >= 0.6 is 15.9 Å².